The predicted octanol–water partition coefficient (Wildman–Crippen LogP) is 8.79. The van der Waals surface area contributed by atoms with Crippen molar-refractivity contribution in [3.8, 4) is 22.3 Å². The van der Waals surface area contributed by atoms with Crippen LogP contribution in [-0.4, -0.2) is 39.5 Å². The Morgan fingerprint density at radius 1 is 0.550 bits per heavy atom. The van der Waals surface area contributed by atoms with Crippen LogP contribution in [0, 0.1) is 7.40 Å². The molecule has 6 aromatic heterocycles. The van der Waals surface area contributed by atoms with E-state index in [1.54, 1.807) is 21.5 Å². The van der Waals surface area contributed by atoms with Gasteiger partial charge in [0.05, 0.1) is 21.5 Å². The number of aromatic nitrogens is 8. The molecule has 6 heterocycles. The Bertz CT molecular complexity index is 3360. The first kappa shape index (κ1) is 38.9. The van der Waals surface area contributed by atoms with Crippen LogP contribution in [0.15, 0.2) is 140 Å². The molecule has 4 aromatic carbocycles. The highest BCUT2D eigenvalue weighted by Crippen LogP contribution is 2.38. The molecule has 0 spiro atoms. The van der Waals surface area contributed by atoms with Gasteiger partial charge in [0.15, 0.2) is 11.3 Å². The van der Waals surface area contributed by atoms with Crippen molar-refractivity contribution in [3.63, 3.8) is 0 Å². The van der Waals surface area contributed by atoms with E-state index in [9.17, 15) is 9.59 Å². The minimum absolute atomic E-state index is 0.367. The van der Waals surface area contributed by atoms with Crippen molar-refractivity contribution >= 4 is 100 Å². The maximum absolute atomic E-state index is 12.8. The SMILES string of the molecule is CC(c1oc(=O)c2ccccc2c1-c1ccccc1)n1nc(I)c2c(N)ncnc21.CC(c1oc(=O)c2ccccc2c1-c1ccccc1)n1nc2ncnc(N)c2c1I. The number of hydrogen-bond donors (Lipinski definition) is 2. The first-order valence-corrected chi connectivity index (χ1v) is 20.8. The number of hydrogen-bond acceptors (Lipinski definition) is 12. The molecule has 4 N–H and O–H groups in total. The second-order valence-corrected chi connectivity index (χ2v) is 15.9. The van der Waals surface area contributed by atoms with E-state index < -0.39 is 6.04 Å². The third kappa shape index (κ3) is 6.74. The summed E-state index contributed by atoms with van der Waals surface area (Å²) in [5, 5.41) is 13.4. The number of rotatable bonds is 6. The van der Waals surface area contributed by atoms with E-state index in [1.165, 1.54) is 12.7 Å². The molecule has 0 amide bonds. The molecule has 0 saturated heterocycles. The molecule has 0 radical (unpaired) electrons. The fourth-order valence-corrected chi connectivity index (χ4v) is 9.25. The quantitative estimate of drug-likeness (QED) is 0.150. The van der Waals surface area contributed by atoms with Crippen LogP contribution in [0.25, 0.3) is 65.9 Å². The molecule has 16 heteroatoms. The van der Waals surface area contributed by atoms with Gasteiger partial charge < -0.3 is 20.3 Å². The van der Waals surface area contributed by atoms with Crippen molar-refractivity contribution in [1.29, 1.82) is 0 Å². The van der Waals surface area contributed by atoms with Crippen molar-refractivity contribution in [3.05, 3.63) is 162 Å². The summed E-state index contributed by atoms with van der Waals surface area (Å²) in [6, 6.07) is 34.0. The lowest BCUT2D eigenvalue weighted by Crippen LogP contribution is -2.15. The topological polar surface area (TPSA) is 200 Å². The number of nitrogens with zero attached hydrogens (tertiary/aromatic N) is 8. The average Bonchev–Trinajstić information content (AvgIpc) is 3.81. The van der Waals surface area contributed by atoms with Crippen LogP contribution >= 0.6 is 45.2 Å². The number of anilines is 2. The molecule has 0 saturated carbocycles. The maximum atomic E-state index is 12.8. The molecular formula is C44H32I2N10O4. The van der Waals surface area contributed by atoms with E-state index >= 15 is 0 Å². The van der Waals surface area contributed by atoms with E-state index in [2.05, 4.69) is 75.3 Å². The Morgan fingerprint density at radius 3 is 1.52 bits per heavy atom. The number of fused-ring (bicyclic) bond motifs is 4. The van der Waals surface area contributed by atoms with Gasteiger partial charge in [-0.1, -0.05) is 97.1 Å². The molecule has 0 aliphatic heterocycles. The molecule has 0 aliphatic rings. The lowest BCUT2D eigenvalue weighted by Gasteiger charge is -2.18. The molecule has 0 aliphatic carbocycles. The summed E-state index contributed by atoms with van der Waals surface area (Å²) in [6.45, 7) is 3.87. The largest absolute Gasteiger partial charge is 0.424 e. The number of benzene rings is 4. The van der Waals surface area contributed by atoms with Gasteiger partial charge in [-0.25, -0.2) is 38.9 Å². The monoisotopic (exact) mass is 1020 g/mol. The van der Waals surface area contributed by atoms with Crippen LogP contribution in [0.5, 0.6) is 0 Å². The number of nitrogen functional groups attached to an aromatic ring is 2. The van der Waals surface area contributed by atoms with Crippen LogP contribution in [0.4, 0.5) is 11.6 Å². The lowest BCUT2D eigenvalue weighted by atomic mass is 9.96. The van der Waals surface area contributed by atoms with Gasteiger partial charge >= 0.3 is 11.3 Å². The van der Waals surface area contributed by atoms with E-state index in [1.807, 2.05) is 111 Å². The third-order valence-corrected chi connectivity index (χ3v) is 12.1. The van der Waals surface area contributed by atoms with Crippen LogP contribution in [0.1, 0.15) is 37.5 Å². The zero-order valence-corrected chi connectivity index (χ0v) is 36.1. The normalized spacial score (nSPS) is 12.5. The summed E-state index contributed by atoms with van der Waals surface area (Å²) in [5.74, 6) is 1.78. The predicted molar refractivity (Wildman–Crippen MR) is 248 cm³/mol. The molecule has 2 unspecified atom stereocenters. The third-order valence-electron chi connectivity index (χ3n) is 10.3. The molecule has 0 fully saturated rings. The Morgan fingerprint density at radius 2 is 1.00 bits per heavy atom. The van der Waals surface area contributed by atoms with Crippen molar-refractivity contribution in [2.24, 2.45) is 0 Å². The molecule has 10 aromatic rings. The molecule has 60 heavy (non-hydrogen) atoms. The van der Waals surface area contributed by atoms with Crippen LogP contribution < -0.4 is 22.7 Å². The Hall–Kier alpha value is -6.54. The van der Waals surface area contributed by atoms with Gasteiger partial charge in [0.2, 0.25) is 0 Å². The Kier molecular flexibility index (Phi) is 10.3. The van der Waals surface area contributed by atoms with E-state index in [-0.39, 0.29) is 17.3 Å². The van der Waals surface area contributed by atoms with Crippen molar-refractivity contribution in [2.45, 2.75) is 25.9 Å². The molecule has 10 rings (SSSR count). The van der Waals surface area contributed by atoms with Gasteiger partial charge in [-0.05, 0) is 82.3 Å². The van der Waals surface area contributed by atoms with Crippen molar-refractivity contribution in [2.75, 3.05) is 11.5 Å². The molecular weight excluding hydrogens is 986 g/mol. The molecule has 0 bridgehead atoms. The van der Waals surface area contributed by atoms with Gasteiger partial charge in [0.25, 0.3) is 0 Å². The van der Waals surface area contributed by atoms with Crippen LogP contribution in [0.3, 0.4) is 0 Å². The average molecular weight is 1020 g/mol. The Labute approximate surface area is 367 Å². The number of nitrogens with two attached hydrogens (primary N) is 2. The van der Waals surface area contributed by atoms with Gasteiger partial charge in [-0.15, -0.1) is 0 Å². The second kappa shape index (κ2) is 15.9. The Balaban J connectivity index is 0.000000154. The summed E-state index contributed by atoms with van der Waals surface area (Å²) >= 11 is 4.29. The zero-order chi connectivity index (χ0) is 41.7. The van der Waals surface area contributed by atoms with E-state index in [0.717, 1.165) is 36.7 Å². The summed E-state index contributed by atoms with van der Waals surface area (Å²) in [6.07, 6.45) is 2.80. The van der Waals surface area contributed by atoms with Crippen molar-refractivity contribution < 1.29 is 8.83 Å². The van der Waals surface area contributed by atoms with Crippen LogP contribution in [-0.2, 0) is 0 Å². The molecule has 296 valence electrons. The first-order chi connectivity index (χ1) is 29.1. The fraction of sp³-hybridized carbons (Fsp3) is 0.0909. The van der Waals surface area contributed by atoms with Gasteiger partial charge in [-0.2, -0.15) is 10.2 Å². The summed E-state index contributed by atoms with van der Waals surface area (Å²) in [4.78, 5) is 42.3. The maximum Gasteiger partial charge on any atom is 0.343 e. The second-order valence-electron chi connectivity index (χ2n) is 13.8. The summed E-state index contributed by atoms with van der Waals surface area (Å²) in [7, 11) is 0. The highest BCUT2D eigenvalue weighted by Gasteiger charge is 2.27. The number of halogens is 2. The molecule has 14 nitrogen and oxygen atoms in total. The minimum atomic E-state index is -0.405. The van der Waals surface area contributed by atoms with Crippen molar-refractivity contribution in [1.82, 2.24) is 39.5 Å². The highest BCUT2D eigenvalue weighted by atomic mass is 127. The standard InChI is InChI=1S/2C22H16IN5O2/c1-12(28-19(23)17-20(24)25-11-26-21(17)27-28)18-16(13-7-3-2-4-8-13)14-9-5-6-10-15(14)22(29)30-18;1-12(28-21-17(19(23)27-28)20(24)25-11-26-21)18-16(13-7-3-2-4-8-13)14-9-5-6-10-15(14)22(29)30-18/h2-12H,1H3,(H2,24,25,26,27);2-12H,1H3,(H2,24,25,26). The van der Waals surface area contributed by atoms with E-state index in [0.29, 0.717) is 59.7 Å². The lowest BCUT2D eigenvalue weighted by molar-refractivity contribution is 0.398. The summed E-state index contributed by atoms with van der Waals surface area (Å²) in [5.41, 5.74) is 16.1. The zero-order valence-electron chi connectivity index (χ0n) is 31.8. The first-order valence-electron chi connectivity index (χ1n) is 18.6. The minimum Gasteiger partial charge on any atom is -0.424 e. The summed E-state index contributed by atoms with van der Waals surface area (Å²) < 4.78 is 16.8. The smallest absolute Gasteiger partial charge is 0.343 e. The van der Waals surface area contributed by atoms with Gasteiger partial charge in [-0.3, -0.25) is 0 Å². The van der Waals surface area contributed by atoms with Gasteiger partial charge in [0.1, 0.15) is 55.3 Å². The van der Waals surface area contributed by atoms with E-state index in [4.69, 9.17) is 20.3 Å². The molecule has 2 atom stereocenters. The van der Waals surface area contributed by atoms with Gasteiger partial charge in [0, 0.05) is 21.9 Å². The van der Waals surface area contributed by atoms with Crippen LogP contribution in [0.2, 0.25) is 0 Å². The fourth-order valence-electron chi connectivity index (χ4n) is 7.45. The highest BCUT2D eigenvalue weighted by molar-refractivity contribution is 14.1.